The second-order valence-electron chi connectivity index (χ2n) is 4.69. The Hall–Kier alpha value is -1.35. The third-order valence-electron chi connectivity index (χ3n) is 3.12. The van der Waals surface area contributed by atoms with Gasteiger partial charge in [-0.3, -0.25) is 9.69 Å². The average molecular weight is 277 g/mol. The lowest BCUT2D eigenvalue weighted by Gasteiger charge is -2.18. The Balaban J connectivity index is 1.96. The van der Waals surface area contributed by atoms with Gasteiger partial charge in [-0.1, -0.05) is 11.8 Å². The average Bonchev–Trinajstić information content (AvgIpc) is 2.76. The number of carbonyl (C=O) groups is 1. The SMILES string of the molecule is CN1CCCN(Cc2cc(C#CCN)cs2)CC1=O. The smallest absolute Gasteiger partial charge is 0.236 e. The fourth-order valence-corrected chi connectivity index (χ4v) is 2.94. The Morgan fingerprint density at radius 3 is 3.11 bits per heavy atom. The third-order valence-corrected chi connectivity index (χ3v) is 4.04. The van der Waals surface area contributed by atoms with Crippen LogP contribution in [0.2, 0.25) is 0 Å². The summed E-state index contributed by atoms with van der Waals surface area (Å²) in [4.78, 5) is 17.1. The molecule has 2 rings (SSSR count). The van der Waals surface area contributed by atoms with Crippen LogP contribution >= 0.6 is 11.3 Å². The van der Waals surface area contributed by atoms with E-state index in [-0.39, 0.29) is 5.91 Å². The second-order valence-corrected chi connectivity index (χ2v) is 5.68. The van der Waals surface area contributed by atoms with E-state index in [0.29, 0.717) is 13.1 Å². The topological polar surface area (TPSA) is 49.6 Å². The van der Waals surface area contributed by atoms with Crippen LogP contribution in [0, 0.1) is 11.8 Å². The number of nitrogens with two attached hydrogens (primary N) is 1. The Labute approximate surface area is 118 Å². The van der Waals surface area contributed by atoms with E-state index < -0.39 is 0 Å². The van der Waals surface area contributed by atoms with E-state index in [9.17, 15) is 4.79 Å². The molecule has 0 atom stereocenters. The molecule has 2 heterocycles. The first-order valence-corrected chi connectivity index (χ1v) is 7.29. The quantitative estimate of drug-likeness (QED) is 0.811. The maximum absolute atomic E-state index is 11.8. The van der Waals surface area contributed by atoms with E-state index in [4.69, 9.17) is 5.73 Å². The molecule has 0 bridgehead atoms. The molecule has 19 heavy (non-hydrogen) atoms. The summed E-state index contributed by atoms with van der Waals surface area (Å²) in [5.74, 6) is 6.09. The van der Waals surface area contributed by atoms with Gasteiger partial charge < -0.3 is 10.6 Å². The van der Waals surface area contributed by atoms with Crippen molar-refractivity contribution >= 4 is 17.2 Å². The summed E-state index contributed by atoms with van der Waals surface area (Å²) in [7, 11) is 1.87. The van der Waals surface area contributed by atoms with Gasteiger partial charge in [0.15, 0.2) is 0 Å². The molecule has 5 heteroatoms. The van der Waals surface area contributed by atoms with Gasteiger partial charge in [-0.25, -0.2) is 0 Å². The van der Waals surface area contributed by atoms with Gasteiger partial charge in [-0.15, -0.1) is 11.3 Å². The summed E-state index contributed by atoms with van der Waals surface area (Å²) in [6, 6.07) is 2.09. The molecule has 0 spiro atoms. The zero-order chi connectivity index (χ0) is 13.7. The van der Waals surface area contributed by atoms with Crippen LogP contribution in [0.4, 0.5) is 0 Å². The van der Waals surface area contributed by atoms with Crippen LogP contribution in [0.15, 0.2) is 11.4 Å². The van der Waals surface area contributed by atoms with Crippen molar-refractivity contribution in [1.82, 2.24) is 9.80 Å². The molecule has 0 aliphatic carbocycles. The first-order valence-electron chi connectivity index (χ1n) is 6.41. The van der Waals surface area contributed by atoms with Crippen molar-refractivity contribution in [3.05, 3.63) is 21.9 Å². The van der Waals surface area contributed by atoms with E-state index in [1.165, 1.54) is 4.88 Å². The Morgan fingerprint density at radius 1 is 1.47 bits per heavy atom. The van der Waals surface area contributed by atoms with Crippen molar-refractivity contribution in [1.29, 1.82) is 0 Å². The van der Waals surface area contributed by atoms with Crippen LogP contribution in [-0.4, -0.2) is 48.9 Å². The predicted octanol–water partition coefficient (Wildman–Crippen LogP) is 0.722. The van der Waals surface area contributed by atoms with Crippen LogP contribution in [0.3, 0.4) is 0 Å². The number of thiophene rings is 1. The maximum Gasteiger partial charge on any atom is 0.236 e. The molecule has 0 aromatic carbocycles. The van der Waals surface area contributed by atoms with Gasteiger partial charge in [-0.2, -0.15) is 0 Å². The van der Waals surface area contributed by atoms with Gasteiger partial charge in [0.25, 0.3) is 0 Å². The molecule has 102 valence electrons. The highest BCUT2D eigenvalue weighted by atomic mass is 32.1. The van der Waals surface area contributed by atoms with Gasteiger partial charge in [-0.05, 0) is 12.5 Å². The van der Waals surface area contributed by atoms with Gasteiger partial charge in [0.2, 0.25) is 5.91 Å². The van der Waals surface area contributed by atoms with E-state index in [0.717, 1.165) is 31.6 Å². The van der Waals surface area contributed by atoms with Crippen molar-refractivity contribution in [3.63, 3.8) is 0 Å². The van der Waals surface area contributed by atoms with Gasteiger partial charge in [0.1, 0.15) is 0 Å². The zero-order valence-corrected chi connectivity index (χ0v) is 12.0. The van der Waals surface area contributed by atoms with Gasteiger partial charge in [0.05, 0.1) is 13.1 Å². The minimum absolute atomic E-state index is 0.206. The lowest BCUT2D eigenvalue weighted by molar-refractivity contribution is -0.129. The van der Waals surface area contributed by atoms with Crippen LogP contribution in [0.5, 0.6) is 0 Å². The lowest BCUT2D eigenvalue weighted by atomic mass is 10.3. The van der Waals surface area contributed by atoms with Crippen LogP contribution in [0.25, 0.3) is 0 Å². The molecule has 1 aromatic heterocycles. The highest BCUT2D eigenvalue weighted by molar-refractivity contribution is 7.10. The molecule has 1 saturated heterocycles. The monoisotopic (exact) mass is 277 g/mol. The third kappa shape index (κ3) is 4.06. The molecule has 1 aliphatic heterocycles. The minimum Gasteiger partial charge on any atom is -0.345 e. The van der Waals surface area contributed by atoms with Crippen molar-refractivity contribution < 1.29 is 4.79 Å². The van der Waals surface area contributed by atoms with E-state index in [1.54, 1.807) is 11.3 Å². The van der Waals surface area contributed by atoms with E-state index >= 15 is 0 Å². The second kappa shape index (κ2) is 6.71. The number of amides is 1. The van der Waals surface area contributed by atoms with E-state index in [2.05, 4.69) is 22.8 Å². The number of nitrogens with zero attached hydrogens (tertiary/aromatic N) is 2. The first kappa shape index (κ1) is 14.1. The molecule has 1 amide bonds. The summed E-state index contributed by atoms with van der Waals surface area (Å²) >= 11 is 1.69. The molecule has 2 N–H and O–H groups in total. The summed E-state index contributed by atoms with van der Waals surface area (Å²) in [5.41, 5.74) is 6.37. The molecule has 0 radical (unpaired) electrons. The molecular formula is C14H19N3OS. The Bertz CT molecular complexity index is 500. The largest absolute Gasteiger partial charge is 0.345 e. The highest BCUT2D eigenvalue weighted by Crippen LogP contribution is 2.17. The number of likely N-dealkylation sites (N-methyl/N-ethyl adjacent to an activating group) is 1. The van der Waals surface area contributed by atoms with Crippen molar-refractivity contribution in [3.8, 4) is 11.8 Å². The molecule has 1 fully saturated rings. The van der Waals surface area contributed by atoms with Crippen molar-refractivity contribution in [2.45, 2.75) is 13.0 Å². The van der Waals surface area contributed by atoms with Gasteiger partial charge in [0, 0.05) is 42.5 Å². The molecule has 1 aliphatic rings. The maximum atomic E-state index is 11.8. The fraction of sp³-hybridized carbons (Fsp3) is 0.500. The molecular weight excluding hydrogens is 258 g/mol. The summed E-state index contributed by atoms with van der Waals surface area (Å²) in [6.07, 6.45) is 1.04. The Morgan fingerprint density at radius 2 is 2.32 bits per heavy atom. The molecule has 4 nitrogen and oxygen atoms in total. The van der Waals surface area contributed by atoms with E-state index in [1.807, 2.05) is 17.3 Å². The zero-order valence-electron chi connectivity index (χ0n) is 11.2. The first-order chi connectivity index (χ1) is 9.19. The normalized spacial score (nSPS) is 16.9. The summed E-state index contributed by atoms with van der Waals surface area (Å²) < 4.78 is 0. The van der Waals surface area contributed by atoms with Crippen molar-refractivity contribution in [2.75, 3.05) is 33.2 Å². The minimum atomic E-state index is 0.206. The number of hydrogen-bond acceptors (Lipinski definition) is 4. The highest BCUT2D eigenvalue weighted by Gasteiger charge is 2.19. The van der Waals surface area contributed by atoms with Crippen LogP contribution in [-0.2, 0) is 11.3 Å². The number of hydrogen-bond donors (Lipinski definition) is 1. The van der Waals surface area contributed by atoms with Crippen LogP contribution < -0.4 is 5.73 Å². The standard InChI is InChI=1S/C14H19N3OS/c1-16-6-3-7-17(10-14(16)18)9-13-8-12(11-19-13)4-2-5-15/h8,11H,3,5-7,9-10,15H2,1H3. The molecule has 0 saturated carbocycles. The van der Waals surface area contributed by atoms with Gasteiger partial charge >= 0.3 is 0 Å². The Kier molecular flexibility index (Phi) is 4.97. The lowest BCUT2D eigenvalue weighted by Crippen LogP contribution is -2.33. The predicted molar refractivity (Wildman–Crippen MR) is 77.8 cm³/mol. The summed E-state index contributed by atoms with van der Waals surface area (Å²) in [6.45, 7) is 3.55. The number of rotatable bonds is 2. The fourth-order valence-electron chi connectivity index (χ4n) is 2.08. The molecule has 1 aromatic rings. The van der Waals surface area contributed by atoms with Crippen LogP contribution in [0.1, 0.15) is 16.9 Å². The number of carbonyl (C=O) groups excluding carboxylic acids is 1. The van der Waals surface area contributed by atoms with Crippen molar-refractivity contribution in [2.24, 2.45) is 5.73 Å². The summed E-state index contributed by atoms with van der Waals surface area (Å²) in [5, 5.41) is 2.05. The molecule has 0 unspecified atom stereocenters.